The summed E-state index contributed by atoms with van der Waals surface area (Å²) in [5.74, 6) is 0.696. The molecule has 1 aromatic rings. The van der Waals surface area contributed by atoms with Crippen LogP contribution in [0.3, 0.4) is 0 Å². The van der Waals surface area contributed by atoms with Crippen molar-refractivity contribution in [2.24, 2.45) is 0 Å². The maximum absolute atomic E-state index is 11.2. The first-order chi connectivity index (χ1) is 8.79. The van der Waals surface area contributed by atoms with Crippen LogP contribution in [0.2, 0.25) is 0 Å². The molecule has 0 aromatic carbocycles. The van der Waals surface area contributed by atoms with E-state index in [1.165, 1.54) is 18.9 Å². The lowest BCUT2D eigenvalue weighted by atomic mass is 10.2. The van der Waals surface area contributed by atoms with Crippen LogP contribution >= 0.6 is 0 Å². The molecule has 0 bridgehead atoms. The number of carbonyl (C=O) groups excluding carboxylic acids is 1. The first kappa shape index (κ1) is 12.6. The lowest BCUT2D eigenvalue weighted by Crippen LogP contribution is -2.18. The molecule has 4 nitrogen and oxygen atoms in total. The molecule has 1 aromatic heterocycles. The van der Waals surface area contributed by atoms with Crippen molar-refractivity contribution < 1.29 is 9.53 Å². The number of nitrogens with zero attached hydrogens (tertiary/aromatic N) is 2. The van der Waals surface area contributed by atoms with Gasteiger partial charge in [0.2, 0.25) is 0 Å². The summed E-state index contributed by atoms with van der Waals surface area (Å²) in [5, 5.41) is 0. The number of aromatic nitrogens is 1. The highest BCUT2D eigenvalue weighted by Crippen LogP contribution is 2.17. The van der Waals surface area contributed by atoms with Crippen LogP contribution in [0.1, 0.15) is 25.3 Å². The first-order valence-corrected chi connectivity index (χ1v) is 6.35. The number of hydrogen-bond acceptors (Lipinski definition) is 4. The maximum atomic E-state index is 11.2. The Bertz CT molecular complexity index is 420. The Morgan fingerprint density at radius 3 is 2.83 bits per heavy atom. The SMILES string of the molecule is CCOC(=O)/C=C\c1ccc(N2CCCC2)nc1. The molecule has 1 saturated heterocycles. The Kier molecular flexibility index (Phi) is 4.34. The predicted octanol–water partition coefficient (Wildman–Crippen LogP) is 2.26. The number of pyridine rings is 1. The minimum Gasteiger partial charge on any atom is -0.463 e. The van der Waals surface area contributed by atoms with E-state index in [1.54, 1.807) is 19.2 Å². The van der Waals surface area contributed by atoms with Crippen molar-refractivity contribution in [3.8, 4) is 0 Å². The molecule has 0 spiro atoms. The van der Waals surface area contributed by atoms with Crippen LogP contribution in [0.5, 0.6) is 0 Å². The summed E-state index contributed by atoms with van der Waals surface area (Å²) in [6.45, 7) is 4.36. The Labute approximate surface area is 107 Å². The highest BCUT2D eigenvalue weighted by molar-refractivity contribution is 5.86. The molecule has 0 atom stereocenters. The molecule has 0 amide bonds. The molecule has 0 saturated carbocycles. The van der Waals surface area contributed by atoms with Crippen molar-refractivity contribution in [3.63, 3.8) is 0 Å². The Morgan fingerprint density at radius 2 is 2.22 bits per heavy atom. The Balaban J connectivity index is 1.96. The number of carbonyl (C=O) groups is 1. The summed E-state index contributed by atoms with van der Waals surface area (Å²) in [5.41, 5.74) is 0.908. The molecular weight excluding hydrogens is 228 g/mol. The minimum atomic E-state index is -0.318. The molecule has 0 unspecified atom stereocenters. The predicted molar refractivity (Wildman–Crippen MR) is 71.4 cm³/mol. The molecule has 0 radical (unpaired) electrons. The van der Waals surface area contributed by atoms with E-state index in [-0.39, 0.29) is 5.97 Å². The number of hydrogen-bond donors (Lipinski definition) is 0. The average Bonchev–Trinajstić information content (AvgIpc) is 2.91. The minimum absolute atomic E-state index is 0.318. The van der Waals surface area contributed by atoms with Gasteiger partial charge in [0.25, 0.3) is 0 Å². The standard InChI is InChI=1S/C14H18N2O2/c1-2-18-14(17)8-6-12-5-7-13(15-11-12)16-9-3-4-10-16/h5-8,11H,2-4,9-10H2,1H3/b8-6-. The van der Waals surface area contributed by atoms with Crippen LogP contribution in [0.4, 0.5) is 5.82 Å². The van der Waals surface area contributed by atoms with Crippen LogP contribution in [0.25, 0.3) is 6.08 Å². The molecule has 1 fully saturated rings. The first-order valence-electron chi connectivity index (χ1n) is 6.35. The highest BCUT2D eigenvalue weighted by Gasteiger charge is 2.12. The lowest BCUT2D eigenvalue weighted by Gasteiger charge is -2.15. The largest absolute Gasteiger partial charge is 0.463 e. The molecule has 18 heavy (non-hydrogen) atoms. The quantitative estimate of drug-likeness (QED) is 0.603. The molecule has 2 rings (SSSR count). The van der Waals surface area contributed by atoms with Gasteiger partial charge in [-0.1, -0.05) is 0 Å². The van der Waals surface area contributed by atoms with Gasteiger partial charge in [-0.05, 0) is 43.5 Å². The smallest absolute Gasteiger partial charge is 0.330 e. The van der Waals surface area contributed by atoms with Crippen molar-refractivity contribution >= 4 is 17.9 Å². The lowest BCUT2D eigenvalue weighted by molar-refractivity contribution is -0.137. The molecular formula is C14H18N2O2. The van der Waals surface area contributed by atoms with Gasteiger partial charge in [-0.25, -0.2) is 9.78 Å². The van der Waals surface area contributed by atoms with E-state index in [2.05, 4.69) is 9.88 Å². The second-order valence-electron chi connectivity index (χ2n) is 4.23. The maximum Gasteiger partial charge on any atom is 0.330 e. The van der Waals surface area contributed by atoms with Crippen LogP contribution in [0.15, 0.2) is 24.4 Å². The third-order valence-corrected chi connectivity index (χ3v) is 2.90. The van der Waals surface area contributed by atoms with Gasteiger partial charge in [-0.15, -0.1) is 0 Å². The fraction of sp³-hybridized carbons (Fsp3) is 0.429. The van der Waals surface area contributed by atoms with Gasteiger partial charge in [-0.2, -0.15) is 0 Å². The van der Waals surface area contributed by atoms with Crippen molar-refractivity contribution in [2.75, 3.05) is 24.6 Å². The van der Waals surface area contributed by atoms with E-state index >= 15 is 0 Å². The van der Waals surface area contributed by atoms with Crippen LogP contribution < -0.4 is 4.90 Å². The summed E-state index contributed by atoms with van der Waals surface area (Å²) in [6, 6.07) is 3.96. The molecule has 0 N–H and O–H groups in total. The van der Waals surface area contributed by atoms with Crippen molar-refractivity contribution in [2.45, 2.75) is 19.8 Å². The number of esters is 1. The van der Waals surface area contributed by atoms with Gasteiger partial charge in [0.05, 0.1) is 6.61 Å². The summed E-state index contributed by atoms with van der Waals surface area (Å²) >= 11 is 0. The third kappa shape index (κ3) is 3.32. The van der Waals surface area contributed by atoms with E-state index in [4.69, 9.17) is 4.74 Å². The molecule has 0 aliphatic carbocycles. The zero-order valence-electron chi connectivity index (χ0n) is 10.6. The third-order valence-electron chi connectivity index (χ3n) is 2.90. The van der Waals surface area contributed by atoms with Crippen LogP contribution in [-0.2, 0) is 9.53 Å². The number of ether oxygens (including phenoxy) is 1. The highest BCUT2D eigenvalue weighted by atomic mass is 16.5. The molecule has 1 aliphatic rings. The summed E-state index contributed by atoms with van der Waals surface area (Å²) in [6.07, 6.45) is 7.41. The summed E-state index contributed by atoms with van der Waals surface area (Å²) in [4.78, 5) is 17.8. The summed E-state index contributed by atoms with van der Waals surface area (Å²) in [7, 11) is 0. The van der Waals surface area contributed by atoms with Crippen LogP contribution in [-0.4, -0.2) is 30.6 Å². The fourth-order valence-electron chi connectivity index (χ4n) is 1.98. The van der Waals surface area contributed by atoms with Gasteiger partial charge in [-0.3, -0.25) is 0 Å². The molecule has 1 aliphatic heterocycles. The van der Waals surface area contributed by atoms with Gasteiger partial charge < -0.3 is 9.64 Å². The zero-order chi connectivity index (χ0) is 12.8. The van der Waals surface area contributed by atoms with Gasteiger partial charge in [0, 0.05) is 25.4 Å². The second-order valence-corrected chi connectivity index (χ2v) is 4.23. The zero-order valence-corrected chi connectivity index (χ0v) is 10.6. The van der Waals surface area contributed by atoms with Gasteiger partial charge in [0.15, 0.2) is 0 Å². The van der Waals surface area contributed by atoms with Crippen LogP contribution in [0, 0.1) is 0 Å². The average molecular weight is 246 g/mol. The Morgan fingerprint density at radius 1 is 1.44 bits per heavy atom. The van der Waals surface area contributed by atoms with Crippen molar-refractivity contribution in [3.05, 3.63) is 30.0 Å². The second kappa shape index (κ2) is 6.19. The number of rotatable bonds is 4. The molecule has 2 heterocycles. The van der Waals surface area contributed by atoms with E-state index < -0.39 is 0 Å². The van der Waals surface area contributed by atoms with Crippen molar-refractivity contribution in [1.29, 1.82) is 0 Å². The van der Waals surface area contributed by atoms with E-state index in [0.29, 0.717) is 6.61 Å². The Hall–Kier alpha value is -1.84. The normalized spacial score (nSPS) is 15.3. The monoisotopic (exact) mass is 246 g/mol. The van der Waals surface area contributed by atoms with E-state index in [0.717, 1.165) is 24.5 Å². The summed E-state index contributed by atoms with van der Waals surface area (Å²) < 4.78 is 4.81. The fourth-order valence-corrected chi connectivity index (χ4v) is 1.98. The van der Waals surface area contributed by atoms with Gasteiger partial charge in [0.1, 0.15) is 5.82 Å². The molecule has 96 valence electrons. The number of anilines is 1. The topological polar surface area (TPSA) is 42.4 Å². The van der Waals surface area contributed by atoms with E-state index in [1.807, 2.05) is 12.1 Å². The van der Waals surface area contributed by atoms with Crippen molar-refractivity contribution in [1.82, 2.24) is 4.98 Å². The molecule has 4 heteroatoms. The van der Waals surface area contributed by atoms with E-state index in [9.17, 15) is 4.79 Å². The van der Waals surface area contributed by atoms with Gasteiger partial charge >= 0.3 is 5.97 Å².